The van der Waals surface area contributed by atoms with Crippen LogP contribution in [0.2, 0.25) is 0 Å². The molecule has 1 saturated heterocycles. The van der Waals surface area contributed by atoms with Crippen molar-refractivity contribution in [1.82, 2.24) is 4.90 Å². The van der Waals surface area contributed by atoms with Crippen LogP contribution in [0.4, 0.5) is 0 Å². The third-order valence-corrected chi connectivity index (χ3v) is 3.76. The van der Waals surface area contributed by atoms with Crippen LogP contribution in [-0.2, 0) is 6.54 Å². The van der Waals surface area contributed by atoms with Crippen molar-refractivity contribution in [1.29, 1.82) is 0 Å². The van der Waals surface area contributed by atoms with Gasteiger partial charge in [0.15, 0.2) is 0 Å². The summed E-state index contributed by atoms with van der Waals surface area (Å²) in [4.78, 5) is 13.1. The lowest BCUT2D eigenvalue weighted by Crippen LogP contribution is -2.41. The minimum atomic E-state index is -0.930. The summed E-state index contributed by atoms with van der Waals surface area (Å²) in [5.41, 5.74) is 0.234. The molecule has 0 aliphatic carbocycles. The van der Waals surface area contributed by atoms with Gasteiger partial charge in [0, 0.05) is 6.04 Å². The number of aromatic carboxylic acids is 1. The van der Waals surface area contributed by atoms with Gasteiger partial charge in [-0.1, -0.05) is 6.92 Å². The highest BCUT2D eigenvalue weighted by molar-refractivity contribution is 5.87. The van der Waals surface area contributed by atoms with Gasteiger partial charge in [-0.15, -0.1) is 0 Å². The van der Waals surface area contributed by atoms with Gasteiger partial charge in [0.2, 0.25) is 0 Å². The molecule has 2 unspecified atom stereocenters. The van der Waals surface area contributed by atoms with E-state index in [9.17, 15) is 4.79 Å². The predicted molar refractivity (Wildman–Crippen MR) is 63.9 cm³/mol. The zero-order chi connectivity index (χ0) is 12.4. The molecule has 2 atom stereocenters. The first-order chi connectivity index (χ1) is 8.08. The predicted octanol–water partition coefficient (Wildman–Crippen LogP) is 2.60. The second-order valence-corrected chi connectivity index (χ2v) is 4.94. The minimum absolute atomic E-state index is 0.234. The van der Waals surface area contributed by atoms with Crippen LogP contribution in [0, 0.1) is 5.92 Å². The number of furan rings is 1. The summed E-state index contributed by atoms with van der Waals surface area (Å²) in [6, 6.07) is 2.15. The molecule has 0 radical (unpaired) electrons. The van der Waals surface area contributed by atoms with Crippen LogP contribution in [0.5, 0.6) is 0 Å². The average molecular weight is 237 g/mol. The van der Waals surface area contributed by atoms with Crippen LogP contribution in [0.1, 0.15) is 42.8 Å². The molecule has 2 rings (SSSR count). The van der Waals surface area contributed by atoms with Crippen molar-refractivity contribution in [2.24, 2.45) is 5.92 Å². The van der Waals surface area contributed by atoms with E-state index in [4.69, 9.17) is 9.52 Å². The summed E-state index contributed by atoms with van der Waals surface area (Å²) in [5.74, 6) is 0.501. The fourth-order valence-corrected chi connectivity index (χ4v) is 2.42. The first kappa shape index (κ1) is 12.2. The number of nitrogens with zero attached hydrogens (tertiary/aromatic N) is 1. The second kappa shape index (κ2) is 4.92. The lowest BCUT2D eigenvalue weighted by Gasteiger charge is -2.37. The Morgan fingerprint density at radius 1 is 1.59 bits per heavy atom. The standard InChI is InChI=1S/C13H19NO3/c1-9-4-3-5-14(10(9)2)7-12-6-11(8-17-12)13(15)16/h6,8-10H,3-5,7H2,1-2H3,(H,15,16). The quantitative estimate of drug-likeness (QED) is 0.878. The number of hydrogen-bond acceptors (Lipinski definition) is 3. The zero-order valence-corrected chi connectivity index (χ0v) is 10.3. The summed E-state index contributed by atoms with van der Waals surface area (Å²) in [7, 11) is 0. The Kier molecular flexibility index (Phi) is 3.52. The zero-order valence-electron chi connectivity index (χ0n) is 10.3. The number of hydrogen-bond donors (Lipinski definition) is 1. The molecule has 1 aliphatic rings. The summed E-state index contributed by atoms with van der Waals surface area (Å²) < 4.78 is 5.29. The van der Waals surface area contributed by atoms with Gasteiger partial charge >= 0.3 is 5.97 Å². The number of carboxylic acids is 1. The summed E-state index contributed by atoms with van der Waals surface area (Å²) in [6.07, 6.45) is 3.80. The average Bonchev–Trinajstić information content (AvgIpc) is 2.73. The van der Waals surface area contributed by atoms with Crippen molar-refractivity contribution in [3.63, 3.8) is 0 Å². The third kappa shape index (κ3) is 2.69. The van der Waals surface area contributed by atoms with Crippen molar-refractivity contribution in [3.8, 4) is 0 Å². The first-order valence-electron chi connectivity index (χ1n) is 6.12. The molecule has 1 aromatic heterocycles. The maximum Gasteiger partial charge on any atom is 0.338 e. The highest BCUT2D eigenvalue weighted by Crippen LogP contribution is 2.24. The van der Waals surface area contributed by atoms with Crippen LogP contribution >= 0.6 is 0 Å². The monoisotopic (exact) mass is 237 g/mol. The minimum Gasteiger partial charge on any atom is -0.478 e. The molecule has 0 spiro atoms. The van der Waals surface area contributed by atoms with Gasteiger partial charge in [0.05, 0.1) is 12.1 Å². The van der Waals surface area contributed by atoms with Crippen LogP contribution in [0.25, 0.3) is 0 Å². The number of likely N-dealkylation sites (tertiary alicyclic amines) is 1. The molecular weight excluding hydrogens is 218 g/mol. The van der Waals surface area contributed by atoms with E-state index >= 15 is 0 Å². The second-order valence-electron chi connectivity index (χ2n) is 4.94. The normalized spacial score (nSPS) is 26.0. The van der Waals surface area contributed by atoms with Crippen LogP contribution < -0.4 is 0 Å². The molecule has 0 aromatic carbocycles. The van der Waals surface area contributed by atoms with E-state index in [1.807, 2.05) is 0 Å². The number of piperidine rings is 1. The van der Waals surface area contributed by atoms with Crippen molar-refractivity contribution in [2.75, 3.05) is 6.54 Å². The molecule has 17 heavy (non-hydrogen) atoms. The molecule has 0 saturated carbocycles. The molecule has 1 aliphatic heterocycles. The number of rotatable bonds is 3. The van der Waals surface area contributed by atoms with E-state index in [1.165, 1.54) is 19.1 Å². The van der Waals surface area contributed by atoms with E-state index in [2.05, 4.69) is 18.7 Å². The smallest absolute Gasteiger partial charge is 0.338 e. The van der Waals surface area contributed by atoms with Crippen molar-refractivity contribution in [3.05, 3.63) is 23.7 Å². The molecule has 1 N–H and O–H groups in total. The van der Waals surface area contributed by atoms with Gasteiger partial charge < -0.3 is 9.52 Å². The Bertz CT molecular complexity index is 399. The van der Waals surface area contributed by atoms with E-state index in [0.29, 0.717) is 18.5 Å². The Balaban J connectivity index is 2.01. The van der Waals surface area contributed by atoms with Crippen LogP contribution in [0.15, 0.2) is 16.7 Å². The van der Waals surface area contributed by atoms with E-state index in [-0.39, 0.29) is 5.56 Å². The highest BCUT2D eigenvalue weighted by Gasteiger charge is 2.25. The van der Waals surface area contributed by atoms with Gasteiger partial charge in [-0.2, -0.15) is 0 Å². The molecule has 2 heterocycles. The van der Waals surface area contributed by atoms with Gasteiger partial charge in [-0.3, -0.25) is 4.90 Å². The lowest BCUT2D eigenvalue weighted by atomic mass is 9.92. The maximum atomic E-state index is 10.7. The fourth-order valence-electron chi connectivity index (χ4n) is 2.42. The fraction of sp³-hybridized carbons (Fsp3) is 0.615. The van der Waals surface area contributed by atoms with Gasteiger partial charge in [0.25, 0.3) is 0 Å². The highest BCUT2D eigenvalue weighted by atomic mass is 16.4. The molecule has 1 aromatic rings. The molecule has 94 valence electrons. The molecule has 0 amide bonds. The van der Waals surface area contributed by atoms with E-state index in [1.54, 1.807) is 6.07 Å². The maximum absolute atomic E-state index is 10.7. The summed E-state index contributed by atoms with van der Waals surface area (Å²) in [6.45, 7) is 6.26. The van der Waals surface area contributed by atoms with Crippen molar-refractivity contribution in [2.45, 2.75) is 39.3 Å². The number of carboxylic acid groups (broad SMARTS) is 1. The molecule has 0 bridgehead atoms. The summed E-state index contributed by atoms with van der Waals surface area (Å²) in [5, 5.41) is 8.82. The molecule has 1 fully saturated rings. The molecular formula is C13H19NO3. The largest absolute Gasteiger partial charge is 0.478 e. The van der Waals surface area contributed by atoms with Crippen molar-refractivity contribution >= 4 is 5.97 Å². The van der Waals surface area contributed by atoms with E-state index < -0.39 is 5.97 Å². The Hall–Kier alpha value is -1.29. The summed E-state index contributed by atoms with van der Waals surface area (Å²) >= 11 is 0. The Morgan fingerprint density at radius 2 is 2.35 bits per heavy atom. The number of carbonyl (C=O) groups is 1. The van der Waals surface area contributed by atoms with Crippen LogP contribution in [-0.4, -0.2) is 28.6 Å². The van der Waals surface area contributed by atoms with Gasteiger partial charge in [-0.25, -0.2) is 4.79 Å². The van der Waals surface area contributed by atoms with E-state index in [0.717, 1.165) is 12.3 Å². The van der Waals surface area contributed by atoms with Gasteiger partial charge in [-0.05, 0) is 38.3 Å². The van der Waals surface area contributed by atoms with Gasteiger partial charge in [0.1, 0.15) is 12.0 Å². The van der Waals surface area contributed by atoms with Crippen molar-refractivity contribution < 1.29 is 14.3 Å². The first-order valence-corrected chi connectivity index (χ1v) is 6.12. The Morgan fingerprint density at radius 3 is 3.00 bits per heavy atom. The van der Waals surface area contributed by atoms with Crippen LogP contribution in [0.3, 0.4) is 0 Å². The SMILES string of the molecule is CC1CCCN(Cc2cc(C(=O)O)co2)C1C. The molecule has 4 heteroatoms. The molecule has 4 nitrogen and oxygen atoms in total. The Labute approximate surface area is 101 Å². The third-order valence-electron chi connectivity index (χ3n) is 3.76. The lowest BCUT2D eigenvalue weighted by molar-refractivity contribution is 0.0696. The topological polar surface area (TPSA) is 53.7 Å².